The quantitative estimate of drug-likeness (QED) is 0.776. The van der Waals surface area contributed by atoms with E-state index in [2.05, 4.69) is 10.1 Å². The third kappa shape index (κ3) is 1.79. The average Bonchev–Trinajstić information content (AvgIpc) is 2.63. The zero-order valence-corrected chi connectivity index (χ0v) is 12.0. The summed E-state index contributed by atoms with van der Waals surface area (Å²) in [5, 5.41) is 14.4. The number of aromatic nitrogens is 2. The van der Waals surface area contributed by atoms with Crippen molar-refractivity contribution in [2.75, 3.05) is 0 Å². The monoisotopic (exact) mass is 295 g/mol. The Morgan fingerprint density at radius 2 is 2.19 bits per heavy atom. The summed E-state index contributed by atoms with van der Waals surface area (Å²) in [6.45, 7) is 5.17. The maximum atomic E-state index is 12.0. The van der Waals surface area contributed by atoms with Gasteiger partial charge in [0.05, 0.1) is 5.71 Å². The first-order chi connectivity index (χ1) is 9.90. The van der Waals surface area contributed by atoms with E-state index in [1.165, 1.54) is 10.8 Å². The van der Waals surface area contributed by atoms with Gasteiger partial charge < -0.3 is 14.7 Å². The summed E-state index contributed by atoms with van der Waals surface area (Å²) in [6, 6.07) is 0. The van der Waals surface area contributed by atoms with Crippen LogP contribution < -0.4 is 11.2 Å². The Morgan fingerprint density at radius 1 is 1.48 bits per heavy atom. The summed E-state index contributed by atoms with van der Waals surface area (Å²) in [7, 11) is 0. The molecule has 0 aromatic carbocycles. The van der Waals surface area contributed by atoms with Gasteiger partial charge in [0.15, 0.2) is 6.23 Å². The van der Waals surface area contributed by atoms with Crippen molar-refractivity contribution in [1.82, 2.24) is 9.55 Å². The minimum atomic E-state index is -0.961. The lowest BCUT2D eigenvalue weighted by Crippen LogP contribution is -2.51. The predicted molar refractivity (Wildman–Crippen MR) is 73.2 cm³/mol. The number of nitrogens with zero attached hydrogens (tertiary/aromatic N) is 2. The normalized spacial score (nSPS) is 34.5. The highest BCUT2D eigenvalue weighted by atomic mass is 16.7. The van der Waals surface area contributed by atoms with Gasteiger partial charge in [0.2, 0.25) is 6.10 Å². The number of aliphatic hydroxyl groups is 1. The van der Waals surface area contributed by atoms with E-state index >= 15 is 0 Å². The Bertz CT molecular complexity index is 721. The molecule has 1 aromatic heterocycles. The molecule has 0 saturated carbocycles. The molecule has 2 bridgehead atoms. The van der Waals surface area contributed by atoms with E-state index in [0.717, 1.165) is 0 Å². The number of hydrogen-bond acceptors (Lipinski definition) is 6. The Hall–Kier alpha value is -1.93. The minimum absolute atomic E-state index is 0.373. The van der Waals surface area contributed by atoms with Crippen molar-refractivity contribution in [2.45, 2.75) is 51.2 Å². The van der Waals surface area contributed by atoms with E-state index < -0.39 is 35.3 Å². The van der Waals surface area contributed by atoms with E-state index in [0.29, 0.717) is 17.7 Å². The second kappa shape index (κ2) is 4.54. The number of nitrogens with one attached hydrogen (secondary N) is 1. The van der Waals surface area contributed by atoms with Crippen LogP contribution in [-0.4, -0.2) is 38.2 Å². The number of oxime groups is 1. The van der Waals surface area contributed by atoms with Gasteiger partial charge in [-0.15, -0.1) is 0 Å². The lowest BCUT2D eigenvalue weighted by molar-refractivity contribution is -0.0654. The summed E-state index contributed by atoms with van der Waals surface area (Å²) >= 11 is 0. The van der Waals surface area contributed by atoms with Crippen LogP contribution in [0.25, 0.3) is 0 Å². The first kappa shape index (κ1) is 14.0. The molecule has 3 heterocycles. The number of aryl methyl sites for hydroxylation is 1. The third-order valence-corrected chi connectivity index (χ3v) is 4.27. The van der Waals surface area contributed by atoms with Gasteiger partial charge in [-0.05, 0) is 20.3 Å². The molecule has 0 aliphatic carbocycles. The molecule has 8 nitrogen and oxygen atoms in total. The Balaban J connectivity index is 2.10. The van der Waals surface area contributed by atoms with Crippen molar-refractivity contribution in [3.05, 3.63) is 32.6 Å². The maximum absolute atomic E-state index is 12.0. The first-order valence-corrected chi connectivity index (χ1v) is 6.79. The maximum Gasteiger partial charge on any atom is 0.330 e. The largest absolute Gasteiger partial charge is 0.385 e. The van der Waals surface area contributed by atoms with E-state index in [1.807, 2.05) is 6.92 Å². The van der Waals surface area contributed by atoms with Gasteiger partial charge in [-0.3, -0.25) is 14.3 Å². The van der Waals surface area contributed by atoms with Crippen molar-refractivity contribution >= 4 is 5.71 Å². The molecule has 0 radical (unpaired) electrons. The van der Waals surface area contributed by atoms with Gasteiger partial charge in [-0.2, -0.15) is 0 Å². The summed E-state index contributed by atoms with van der Waals surface area (Å²) in [4.78, 5) is 31.0. The number of fused-ring (bicyclic) bond motifs is 2. The van der Waals surface area contributed by atoms with Gasteiger partial charge in [-0.25, -0.2) is 4.79 Å². The van der Waals surface area contributed by atoms with Crippen molar-refractivity contribution in [1.29, 1.82) is 0 Å². The molecular formula is C13H17N3O5. The second-order valence-corrected chi connectivity index (χ2v) is 5.42. The van der Waals surface area contributed by atoms with Crippen molar-refractivity contribution in [3.8, 4) is 0 Å². The summed E-state index contributed by atoms with van der Waals surface area (Å²) in [5.41, 5.74) is -1.11. The molecule has 1 saturated heterocycles. The topological polar surface area (TPSA) is 106 Å². The molecule has 8 heteroatoms. The van der Waals surface area contributed by atoms with Crippen LogP contribution in [0.3, 0.4) is 0 Å². The third-order valence-electron chi connectivity index (χ3n) is 4.27. The average molecular weight is 295 g/mol. The number of rotatable bonds is 2. The number of ether oxygens (including phenoxy) is 1. The Labute approximate surface area is 120 Å². The molecule has 1 unspecified atom stereocenters. The Kier molecular flexibility index (Phi) is 3.03. The molecule has 2 aliphatic rings. The molecular weight excluding hydrogens is 278 g/mol. The van der Waals surface area contributed by atoms with Crippen molar-refractivity contribution in [2.24, 2.45) is 5.16 Å². The molecule has 1 aromatic rings. The molecule has 4 atom stereocenters. The number of hydrogen-bond donors (Lipinski definition) is 2. The summed E-state index contributed by atoms with van der Waals surface area (Å²) in [6.07, 6.45) is -0.664. The van der Waals surface area contributed by atoms with Crippen LogP contribution in [0.2, 0.25) is 0 Å². The zero-order valence-electron chi connectivity index (χ0n) is 12.0. The number of aliphatic hydroxyl groups excluding tert-OH is 1. The number of aromatic amines is 1. The Morgan fingerprint density at radius 3 is 2.81 bits per heavy atom. The fourth-order valence-corrected chi connectivity index (χ4v) is 2.94. The molecule has 2 aliphatic heterocycles. The molecule has 1 fully saturated rings. The van der Waals surface area contributed by atoms with Crippen LogP contribution in [-0.2, 0) is 9.57 Å². The van der Waals surface area contributed by atoms with Gasteiger partial charge in [0, 0.05) is 11.8 Å². The van der Waals surface area contributed by atoms with Gasteiger partial charge in [0.1, 0.15) is 11.7 Å². The van der Waals surface area contributed by atoms with Gasteiger partial charge in [-0.1, -0.05) is 12.1 Å². The molecule has 21 heavy (non-hydrogen) atoms. The highest BCUT2D eigenvalue weighted by Gasteiger charge is 2.60. The van der Waals surface area contributed by atoms with Crippen molar-refractivity contribution < 1.29 is 14.7 Å². The smallest absolute Gasteiger partial charge is 0.330 e. The van der Waals surface area contributed by atoms with Gasteiger partial charge in [0.25, 0.3) is 5.56 Å². The van der Waals surface area contributed by atoms with Crippen LogP contribution in [0.15, 0.2) is 20.9 Å². The van der Waals surface area contributed by atoms with E-state index in [-0.39, 0.29) is 0 Å². The van der Waals surface area contributed by atoms with Crippen LogP contribution in [0.1, 0.15) is 32.1 Å². The summed E-state index contributed by atoms with van der Waals surface area (Å²) in [5.74, 6) is 0. The molecule has 114 valence electrons. The summed E-state index contributed by atoms with van der Waals surface area (Å²) < 4.78 is 7.18. The van der Waals surface area contributed by atoms with Crippen LogP contribution in [0.5, 0.6) is 0 Å². The zero-order chi connectivity index (χ0) is 15.4. The van der Waals surface area contributed by atoms with E-state index in [1.54, 1.807) is 13.8 Å². The lowest BCUT2D eigenvalue weighted by Gasteiger charge is -2.32. The van der Waals surface area contributed by atoms with E-state index in [4.69, 9.17) is 9.57 Å². The van der Waals surface area contributed by atoms with Crippen LogP contribution in [0.4, 0.5) is 0 Å². The van der Waals surface area contributed by atoms with E-state index in [9.17, 15) is 14.7 Å². The molecule has 0 spiro atoms. The first-order valence-electron chi connectivity index (χ1n) is 6.79. The lowest BCUT2D eigenvalue weighted by atomic mass is 9.87. The molecule has 0 amide bonds. The SMILES string of the molecule is CC[C@]12O[C@@H](n3cc(C)c(=O)[nH]c3=O)[C@@H](ON=C1C)C2O. The fraction of sp³-hybridized carbons (Fsp3) is 0.615. The fourth-order valence-electron chi connectivity index (χ4n) is 2.94. The van der Waals surface area contributed by atoms with Gasteiger partial charge >= 0.3 is 5.69 Å². The van der Waals surface area contributed by atoms with Crippen LogP contribution in [0, 0.1) is 6.92 Å². The number of H-pyrrole nitrogens is 1. The van der Waals surface area contributed by atoms with Crippen LogP contribution >= 0.6 is 0 Å². The molecule has 3 rings (SSSR count). The van der Waals surface area contributed by atoms with Crippen molar-refractivity contribution in [3.63, 3.8) is 0 Å². The minimum Gasteiger partial charge on any atom is -0.385 e. The standard InChI is InChI=1S/C13H17N3O5/c1-4-13-7(3)15-21-8(9(13)17)11(20-13)16-5-6(2)10(18)14-12(16)19/h5,8-9,11,17H,4H2,1-3H3,(H,14,18,19)/t8-,9?,11+,13-/m0/s1. The highest BCUT2D eigenvalue weighted by Crippen LogP contribution is 2.44. The predicted octanol–water partition coefficient (Wildman–Crippen LogP) is -0.342. The highest BCUT2D eigenvalue weighted by molar-refractivity contribution is 5.91. The molecule has 2 N–H and O–H groups in total. The second-order valence-electron chi connectivity index (χ2n) is 5.42.